The molecule has 0 atom stereocenters. The first-order chi connectivity index (χ1) is 9.63. The molecule has 0 saturated carbocycles. The molecule has 1 aromatic carbocycles. The Kier molecular flexibility index (Phi) is 4.34. The number of hydrogen-bond donors (Lipinski definition) is 0. The number of aromatic nitrogens is 2. The minimum Gasteiger partial charge on any atom is -0.493 e. The molecule has 0 spiro atoms. The van der Waals surface area contributed by atoms with E-state index in [1.54, 1.807) is 18.2 Å². The van der Waals surface area contributed by atoms with Crippen LogP contribution in [-0.4, -0.2) is 23.5 Å². The molecule has 2 aromatic rings. The molecular formula is C14H16N2O4. The van der Waals surface area contributed by atoms with Gasteiger partial charge in [-0.1, -0.05) is 19.0 Å². The summed E-state index contributed by atoms with van der Waals surface area (Å²) in [5.41, 5.74) is 0.522. The van der Waals surface area contributed by atoms with Gasteiger partial charge in [-0.25, -0.2) is 0 Å². The predicted molar refractivity (Wildman–Crippen MR) is 71.1 cm³/mol. The van der Waals surface area contributed by atoms with E-state index >= 15 is 0 Å². The summed E-state index contributed by atoms with van der Waals surface area (Å²) >= 11 is 0. The SMILES string of the molecule is COc1cc(C=O)ccc1OCc1nc(C(C)C)no1. The topological polar surface area (TPSA) is 74.5 Å². The quantitative estimate of drug-likeness (QED) is 0.755. The summed E-state index contributed by atoms with van der Waals surface area (Å²) in [7, 11) is 1.51. The summed E-state index contributed by atoms with van der Waals surface area (Å²) in [6.45, 7) is 4.11. The largest absolute Gasteiger partial charge is 0.493 e. The van der Waals surface area contributed by atoms with E-state index in [4.69, 9.17) is 14.0 Å². The Morgan fingerprint density at radius 2 is 2.15 bits per heavy atom. The summed E-state index contributed by atoms with van der Waals surface area (Å²) in [4.78, 5) is 14.9. The molecule has 6 nitrogen and oxygen atoms in total. The van der Waals surface area contributed by atoms with E-state index in [-0.39, 0.29) is 12.5 Å². The van der Waals surface area contributed by atoms with Gasteiger partial charge >= 0.3 is 0 Å². The highest BCUT2D eigenvalue weighted by atomic mass is 16.5. The lowest BCUT2D eigenvalue weighted by Gasteiger charge is -2.09. The number of rotatable bonds is 6. The van der Waals surface area contributed by atoms with Crippen LogP contribution in [0.3, 0.4) is 0 Å². The van der Waals surface area contributed by atoms with Crippen molar-refractivity contribution < 1.29 is 18.8 Å². The zero-order valence-electron chi connectivity index (χ0n) is 11.6. The van der Waals surface area contributed by atoms with E-state index < -0.39 is 0 Å². The van der Waals surface area contributed by atoms with Crippen LogP contribution in [0.25, 0.3) is 0 Å². The third kappa shape index (κ3) is 3.14. The van der Waals surface area contributed by atoms with Gasteiger partial charge in [0.1, 0.15) is 6.29 Å². The standard InChI is InChI=1S/C14H16N2O4/c1-9(2)14-15-13(20-16-14)8-19-11-5-4-10(7-17)6-12(11)18-3/h4-7,9H,8H2,1-3H3. The number of carbonyl (C=O) groups excluding carboxylic acids is 1. The average Bonchev–Trinajstić information content (AvgIpc) is 2.94. The first-order valence-corrected chi connectivity index (χ1v) is 6.22. The van der Waals surface area contributed by atoms with Crippen molar-refractivity contribution in [1.82, 2.24) is 10.1 Å². The lowest BCUT2D eigenvalue weighted by atomic mass is 10.2. The predicted octanol–water partition coefficient (Wildman–Crippen LogP) is 2.59. The van der Waals surface area contributed by atoms with Crippen LogP contribution in [0.2, 0.25) is 0 Å². The van der Waals surface area contributed by atoms with Crippen LogP contribution >= 0.6 is 0 Å². The van der Waals surface area contributed by atoms with Crippen molar-refractivity contribution in [3.05, 3.63) is 35.5 Å². The molecule has 0 N–H and O–H groups in total. The molecule has 0 unspecified atom stereocenters. The monoisotopic (exact) mass is 276 g/mol. The Bertz CT molecular complexity index is 593. The van der Waals surface area contributed by atoms with E-state index in [9.17, 15) is 4.79 Å². The molecule has 0 aliphatic heterocycles. The first-order valence-electron chi connectivity index (χ1n) is 6.22. The fraction of sp³-hybridized carbons (Fsp3) is 0.357. The van der Waals surface area contributed by atoms with Crippen molar-refractivity contribution >= 4 is 6.29 Å². The molecular weight excluding hydrogens is 260 g/mol. The number of methoxy groups -OCH3 is 1. The number of hydrogen-bond acceptors (Lipinski definition) is 6. The van der Waals surface area contributed by atoms with E-state index in [0.717, 1.165) is 6.29 Å². The molecule has 2 rings (SSSR count). The highest BCUT2D eigenvalue weighted by molar-refractivity contribution is 5.76. The van der Waals surface area contributed by atoms with Gasteiger partial charge in [0, 0.05) is 11.5 Å². The lowest BCUT2D eigenvalue weighted by molar-refractivity contribution is 0.112. The first kappa shape index (κ1) is 14.0. The van der Waals surface area contributed by atoms with E-state index in [1.165, 1.54) is 7.11 Å². The van der Waals surface area contributed by atoms with Gasteiger partial charge in [0.15, 0.2) is 23.9 Å². The molecule has 1 heterocycles. The van der Waals surface area contributed by atoms with Crippen LogP contribution < -0.4 is 9.47 Å². The number of ether oxygens (including phenoxy) is 2. The average molecular weight is 276 g/mol. The Morgan fingerprint density at radius 1 is 1.35 bits per heavy atom. The van der Waals surface area contributed by atoms with Gasteiger partial charge in [0.25, 0.3) is 5.89 Å². The molecule has 0 radical (unpaired) electrons. The summed E-state index contributed by atoms with van der Waals surface area (Å²) in [5, 5.41) is 3.85. The maximum Gasteiger partial charge on any atom is 0.264 e. The summed E-state index contributed by atoms with van der Waals surface area (Å²) in [6.07, 6.45) is 0.749. The molecule has 0 bridgehead atoms. The molecule has 1 aromatic heterocycles. The van der Waals surface area contributed by atoms with Crippen LogP contribution in [0.4, 0.5) is 0 Å². The lowest BCUT2D eigenvalue weighted by Crippen LogP contribution is -1.99. The van der Waals surface area contributed by atoms with E-state index in [1.807, 2.05) is 13.8 Å². The van der Waals surface area contributed by atoms with Gasteiger partial charge in [-0.15, -0.1) is 0 Å². The maximum absolute atomic E-state index is 10.7. The van der Waals surface area contributed by atoms with E-state index in [0.29, 0.717) is 28.8 Å². The van der Waals surface area contributed by atoms with Crippen LogP contribution in [0.15, 0.2) is 22.7 Å². The van der Waals surface area contributed by atoms with Crippen molar-refractivity contribution in [3.8, 4) is 11.5 Å². The summed E-state index contributed by atoms with van der Waals surface area (Å²) in [6, 6.07) is 4.93. The fourth-order valence-electron chi connectivity index (χ4n) is 1.58. The van der Waals surface area contributed by atoms with Crippen LogP contribution in [0.1, 0.15) is 41.8 Å². The third-order valence-electron chi connectivity index (χ3n) is 2.68. The molecule has 0 aliphatic carbocycles. The van der Waals surface area contributed by atoms with Gasteiger partial charge in [0.2, 0.25) is 0 Å². The minimum atomic E-state index is 0.149. The Hall–Kier alpha value is -2.37. The van der Waals surface area contributed by atoms with Gasteiger partial charge in [0.05, 0.1) is 7.11 Å². The molecule has 0 aliphatic rings. The fourth-order valence-corrected chi connectivity index (χ4v) is 1.58. The van der Waals surface area contributed by atoms with Crippen molar-refractivity contribution in [2.45, 2.75) is 26.4 Å². The molecule has 0 amide bonds. The smallest absolute Gasteiger partial charge is 0.264 e. The molecule has 0 saturated heterocycles. The summed E-state index contributed by atoms with van der Waals surface area (Å²) < 4.78 is 15.8. The highest BCUT2D eigenvalue weighted by Gasteiger charge is 2.11. The zero-order valence-corrected chi connectivity index (χ0v) is 11.6. The Labute approximate surface area is 116 Å². The van der Waals surface area contributed by atoms with Crippen molar-refractivity contribution in [2.24, 2.45) is 0 Å². The maximum atomic E-state index is 10.7. The molecule has 6 heteroatoms. The molecule has 20 heavy (non-hydrogen) atoms. The van der Waals surface area contributed by atoms with Gasteiger partial charge < -0.3 is 14.0 Å². The van der Waals surface area contributed by atoms with Gasteiger partial charge in [-0.05, 0) is 18.2 Å². The third-order valence-corrected chi connectivity index (χ3v) is 2.68. The van der Waals surface area contributed by atoms with Crippen molar-refractivity contribution in [3.63, 3.8) is 0 Å². The van der Waals surface area contributed by atoms with Crippen LogP contribution in [0.5, 0.6) is 11.5 Å². The van der Waals surface area contributed by atoms with E-state index in [2.05, 4.69) is 10.1 Å². The van der Waals surface area contributed by atoms with Gasteiger partial charge in [-0.3, -0.25) is 4.79 Å². The summed E-state index contributed by atoms with van der Waals surface area (Å²) in [5.74, 6) is 2.25. The Morgan fingerprint density at radius 3 is 2.75 bits per heavy atom. The number of aldehydes is 1. The second-order valence-electron chi connectivity index (χ2n) is 4.52. The number of nitrogens with zero attached hydrogens (tertiary/aromatic N) is 2. The molecule has 106 valence electrons. The van der Waals surface area contributed by atoms with Gasteiger partial charge in [-0.2, -0.15) is 4.98 Å². The number of carbonyl (C=O) groups is 1. The second-order valence-corrected chi connectivity index (χ2v) is 4.52. The second kappa shape index (κ2) is 6.18. The molecule has 0 fully saturated rings. The normalized spacial score (nSPS) is 10.6. The van der Waals surface area contributed by atoms with Crippen molar-refractivity contribution in [1.29, 1.82) is 0 Å². The van der Waals surface area contributed by atoms with Crippen molar-refractivity contribution in [2.75, 3.05) is 7.11 Å². The number of benzene rings is 1. The van der Waals surface area contributed by atoms with Crippen LogP contribution in [0, 0.1) is 0 Å². The van der Waals surface area contributed by atoms with Crippen LogP contribution in [-0.2, 0) is 6.61 Å². The Balaban J connectivity index is 2.07. The minimum absolute atomic E-state index is 0.149. The highest BCUT2D eigenvalue weighted by Crippen LogP contribution is 2.28. The zero-order chi connectivity index (χ0) is 14.5.